The molecule has 0 bridgehead atoms. The van der Waals surface area contributed by atoms with Crippen LogP contribution in [0.15, 0.2) is 30.3 Å². The lowest BCUT2D eigenvalue weighted by atomic mass is 9.82. The van der Waals surface area contributed by atoms with Crippen LogP contribution in [0.2, 0.25) is 0 Å². The fourth-order valence-corrected chi connectivity index (χ4v) is 2.34. The van der Waals surface area contributed by atoms with E-state index in [1.165, 1.54) is 0 Å². The SMILES string of the molecule is CC(C)(CCO)CNC(=O)NC(c1ccccc1)C(C)(C)C. The van der Waals surface area contributed by atoms with Crippen molar-refractivity contribution in [2.45, 2.75) is 47.1 Å². The van der Waals surface area contributed by atoms with Crippen LogP contribution in [0.4, 0.5) is 4.79 Å². The normalized spacial score (nSPS) is 13.5. The van der Waals surface area contributed by atoms with Crippen LogP contribution in [-0.4, -0.2) is 24.3 Å². The maximum absolute atomic E-state index is 12.2. The Morgan fingerprint density at radius 3 is 2.23 bits per heavy atom. The number of carbonyl (C=O) groups excluding carboxylic acids is 1. The van der Waals surface area contributed by atoms with E-state index in [4.69, 9.17) is 5.11 Å². The number of urea groups is 1. The zero-order chi connectivity index (χ0) is 16.8. The number of nitrogens with one attached hydrogen (secondary N) is 2. The summed E-state index contributed by atoms with van der Waals surface area (Å²) < 4.78 is 0. The van der Waals surface area contributed by atoms with Crippen LogP contribution in [0.3, 0.4) is 0 Å². The summed E-state index contributed by atoms with van der Waals surface area (Å²) in [6.45, 7) is 11.1. The zero-order valence-corrected chi connectivity index (χ0v) is 14.4. The molecule has 4 heteroatoms. The average molecular weight is 306 g/mol. The van der Waals surface area contributed by atoms with Crippen molar-refractivity contribution >= 4 is 6.03 Å². The molecular formula is C18H30N2O2. The van der Waals surface area contributed by atoms with E-state index in [1.54, 1.807) is 0 Å². The maximum atomic E-state index is 12.2. The first kappa shape index (κ1) is 18.5. The van der Waals surface area contributed by atoms with Crippen LogP contribution in [0.1, 0.15) is 52.6 Å². The number of hydrogen-bond donors (Lipinski definition) is 3. The summed E-state index contributed by atoms with van der Waals surface area (Å²) in [7, 11) is 0. The molecule has 0 aromatic heterocycles. The summed E-state index contributed by atoms with van der Waals surface area (Å²) in [6, 6.07) is 9.78. The van der Waals surface area contributed by atoms with Crippen molar-refractivity contribution in [3.63, 3.8) is 0 Å². The minimum absolute atomic E-state index is 0.0605. The molecule has 1 atom stereocenters. The number of rotatable bonds is 6. The van der Waals surface area contributed by atoms with E-state index >= 15 is 0 Å². The van der Waals surface area contributed by atoms with E-state index in [1.807, 2.05) is 44.2 Å². The van der Waals surface area contributed by atoms with Gasteiger partial charge in [0.2, 0.25) is 0 Å². The highest BCUT2D eigenvalue weighted by molar-refractivity contribution is 5.74. The molecule has 1 unspecified atom stereocenters. The lowest BCUT2D eigenvalue weighted by molar-refractivity contribution is 0.194. The second-order valence-corrected chi connectivity index (χ2v) is 7.67. The van der Waals surface area contributed by atoms with E-state index in [-0.39, 0.29) is 29.5 Å². The third kappa shape index (κ3) is 6.06. The topological polar surface area (TPSA) is 61.4 Å². The molecule has 0 heterocycles. The highest BCUT2D eigenvalue weighted by Crippen LogP contribution is 2.32. The van der Waals surface area contributed by atoms with Crippen molar-refractivity contribution in [3.8, 4) is 0 Å². The minimum atomic E-state index is -0.171. The molecule has 22 heavy (non-hydrogen) atoms. The van der Waals surface area contributed by atoms with Gasteiger partial charge in [0.05, 0.1) is 6.04 Å². The van der Waals surface area contributed by atoms with E-state index in [0.29, 0.717) is 13.0 Å². The molecule has 0 saturated heterocycles. The number of amides is 2. The maximum Gasteiger partial charge on any atom is 0.315 e. The van der Waals surface area contributed by atoms with Gasteiger partial charge in [0.1, 0.15) is 0 Å². The molecule has 0 fully saturated rings. The van der Waals surface area contributed by atoms with E-state index in [0.717, 1.165) is 5.56 Å². The number of hydrogen-bond acceptors (Lipinski definition) is 2. The van der Waals surface area contributed by atoms with Crippen LogP contribution < -0.4 is 10.6 Å². The molecular weight excluding hydrogens is 276 g/mol. The summed E-state index contributed by atoms with van der Waals surface area (Å²) in [4.78, 5) is 12.2. The van der Waals surface area contributed by atoms with E-state index in [9.17, 15) is 4.79 Å². The molecule has 3 N–H and O–H groups in total. The Hall–Kier alpha value is -1.55. The molecule has 1 aromatic carbocycles. The van der Waals surface area contributed by atoms with Crippen molar-refractivity contribution in [3.05, 3.63) is 35.9 Å². The van der Waals surface area contributed by atoms with Crippen LogP contribution in [0, 0.1) is 10.8 Å². The first-order valence-electron chi connectivity index (χ1n) is 7.86. The molecule has 0 aliphatic rings. The molecule has 0 spiro atoms. The molecule has 1 aromatic rings. The van der Waals surface area contributed by atoms with Gasteiger partial charge >= 0.3 is 6.03 Å². The van der Waals surface area contributed by atoms with Crippen molar-refractivity contribution in [1.82, 2.24) is 10.6 Å². The quantitative estimate of drug-likeness (QED) is 0.753. The Morgan fingerprint density at radius 2 is 1.73 bits per heavy atom. The number of benzene rings is 1. The Bertz CT molecular complexity index is 464. The van der Waals surface area contributed by atoms with Crippen molar-refractivity contribution < 1.29 is 9.90 Å². The molecule has 0 saturated carbocycles. The van der Waals surface area contributed by atoms with Crippen LogP contribution in [-0.2, 0) is 0 Å². The van der Waals surface area contributed by atoms with E-state index in [2.05, 4.69) is 31.4 Å². The molecule has 0 radical (unpaired) electrons. The standard InChI is InChI=1S/C18H30N2O2/c1-17(2,3)15(14-9-7-6-8-10-14)20-16(22)19-13-18(4,5)11-12-21/h6-10,15,21H,11-13H2,1-5H3,(H2,19,20,22). The van der Waals surface area contributed by atoms with Crippen molar-refractivity contribution in [2.75, 3.05) is 13.2 Å². The lowest BCUT2D eigenvalue weighted by Gasteiger charge is -2.32. The largest absolute Gasteiger partial charge is 0.396 e. The molecule has 0 aliphatic heterocycles. The number of carbonyl (C=O) groups is 1. The second-order valence-electron chi connectivity index (χ2n) is 7.67. The van der Waals surface area contributed by atoms with Gasteiger partial charge in [-0.25, -0.2) is 4.79 Å². The first-order chi connectivity index (χ1) is 10.2. The molecule has 4 nitrogen and oxygen atoms in total. The Morgan fingerprint density at radius 1 is 1.14 bits per heavy atom. The highest BCUT2D eigenvalue weighted by Gasteiger charge is 2.28. The molecule has 0 aliphatic carbocycles. The Kier molecular flexibility index (Phi) is 6.42. The summed E-state index contributed by atoms with van der Waals surface area (Å²) in [6.07, 6.45) is 0.661. The molecule has 2 amide bonds. The number of aliphatic hydroxyl groups is 1. The van der Waals surface area contributed by atoms with E-state index < -0.39 is 0 Å². The fourth-order valence-electron chi connectivity index (χ4n) is 2.34. The lowest BCUT2D eigenvalue weighted by Crippen LogP contribution is -2.45. The molecule has 124 valence electrons. The smallest absolute Gasteiger partial charge is 0.315 e. The van der Waals surface area contributed by atoms with Gasteiger partial charge in [-0.1, -0.05) is 65.0 Å². The van der Waals surface area contributed by atoms with Crippen LogP contribution in [0.5, 0.6) is 0 Å². The predicted molar refractivity (Wildman–Crippen MR) is 90.7 cm³/mol. The van der Waals surface area contributed by atoms with Gasteiger partial charge in [-0.05, 0) is 22.8 Å². The van der Waals surface area contributed by atoms with Gasteiger partial charge in [0.25, 0.3) is 0 Å². The third-order valence-corrected chi connectivity index (χ3v) is 3.79. The Labute approximate surface area is 134 Å². The fraction of sp³-hybridized carbons (Fsp3) is 0.611. The highest BCUT2D eigenvalue weighted by atomic mass is 16.3. The summed E-state index contributed by atoms with van der Waals surface area (Å²) in [5.74, 6) is 0. The summed E-state index contributed by atoms with van der Waals surface area (Å²) >= 11 is 0. The average Bonchev–Trinajstić information content (AvgIpc) is 2.42. The van der Waals surface area contributed by atoms with Crippen molar-refractivity contribution in [1.29, 1.82) is 0 Å². The predicted octanol–water partition coefficient (Wildman–Crippen LogP) is 3.48. The second kappa shape index (κ2) is 7.63. The summed E-state index contributed by atoms with van der Waals surface area (Å²) in [5.41, 5.74) is 0.898. The minimum Gasteiger partial charge on any atom is -0.396 e. The monoisotopic (exact) mass is 306 g/mol. The van der Waals surface area contributed by atoms with Gasteiger partial charge in [-0.15, -0.1) is 0 Å². The first-order valence-corrected chi connectivity index (χ1v) is 7.86. The third-order valence-electron chi connectivity index (χ3n) is 3.79. The van der Waals surface area contributed by atoms with Gasteiger partial charge in [0.15, 0.2) is 0 Å². The zero-order valence-electron chi connectivity index (χ0n) is 14.4. The van der Waals surface area contributed by atoms with Gasteiger partial charge in [-0.3, -0.25) is 0 Å². The van der Waals surface area contributed by atoms with Crippen LogP contribution in [0.25, 0.3) is 0 Å². The van der Waals surface area contributed by atoms with Gasteiger partial charge in [0, 0.05) is 13.2 Å². The van der Waals surface area contributed by atoms with Gasteiger partial charge < -0.3 is 15.7 Å². The Balaban J connectivity index is 2.70. The molecule has 1 rings (SSSR count). The van der Waals surface area contributed by atoms with Crippen molar-refractivity contribution in [2.24, 2.45) is 10.8 Å². The summed E-state index contributed by atoms with van der Waals surface area (Å²) in [5, 5.41) is 15.0. The number of aliphatic hydroxyl groups excluding tert-OH is 1. The van der Waals surface area contributed by atoms with Crippen LogP contribution >= 0.6 is 0 Å². The van der Waals surface area contributed by atoms with Gasteiger partial charge in [-0.2, -0.15) is 0 Å².